The molecule has 0 radical (unpaired) electrons. The zero-order valence-corrected chi connectivity index (χ0v) is 10.8. The van der Waals surface area contributed by atoms with Gasteiger partial charge in [-0.25, -0.2) is 4.68 Å². The van der Waals surface area contributed by atoms with E-state index in [2.05, 4.69) is 31.6 Å². The molecule has 0 atom stereocenters. The van der Waals surface area contributed by atoms with Crippen molar-refractivity contribution in [2.45, 2.75) is 13.5 Å². The van der Waals surface area contributed by atoms with Crippen LogP contribution in [-0.2, 0) is 11.3 Å². The number of carbonyl (C=O) groups is 1. The number of nitrogens with zero attached hydrogens (tertiary/aromatic N) is 3. The SMILES string of the molecule is Cc1c(Br)cccc1NC(=O)Cn1ccnn1. The Morgan fingerprint density at radius 3 is 3.06 bits per heavy atom. The molecule has 2 rings (SSSR count). The van der Waals surface area contributed by atoms with Crippen molar-refractivity contribution < 1.29 is 4.79 Å². The summed E-state index contributed by atoms with van der Waals surface area (Å²) in [7, 11) is 0. The molecule has 1 heterocycles. The minimum atomic E-state index is -0.128. The van der Waals surface area contributed by atoms with Gasteiger partial charge >= 0.3 is 0 Å². The van der Waals surface area contributed by atoms with Crippen LogP contribution < -0.4 is 5.32 Å². The molecule has 0 bridgehead atoms. The highest BCUT2D eigenvalue weighted by Crippen LogP contribution is 2.23. The van der Waals surface area contributed by atoms with Crippen molar-refractivity contribution in [3.63, 3.8) is 0 Å². The predicted octanol–water partition coefficient (Wildman–Crippen LogP) is 1.99. The largest absolute Gasteiger partial charge is 0.324 e. The highest BCUT2D eigenvalue weighted by atomic mass is 79.9. The highest BCUT2D eigenvalue weighted by molar-refractivity contribution is 9.10. The lowest BCUT2D eigenvalue weighted by atomic mass is 10.2. The molecule has 0 saturated carbocycles. The maximum Gasteiger partial charge on any atom is 0.246 e. The third kappa shape index (κ3) is 2.91. The maximum atomic E-state index is 11.7. The number of halogens is 1. The maximum absolute atomic E-state index is 11.7. The van der Waals surface area contributed by atoms with Crippen molar-refractivity contribution in [3.8, 4) is 0 Å². The van der Waals surface area contributed by atoms with Crippen LogP contribution in [0.2, 0.25) is 0 Å². The first-order valence-corrected chi connectivity index (χ1v) is 5.85. The van der Waals surface area contributed by atoms with E-state index in [1.54, 1.807) is 6.20 Å². The number of nitrogens with one attached hydrogen (secondary N) is 1. The van der Waals surface area contributed by atoms with E-state index in [4.69, 9.17) is 0 Å². The number of carbonyl (C=O) groups excluding carboxylic acids is 1. The molecule has 1 aromatic carbocycles. The fraction of sp³-hybridized carbons (Fsp3) is 0.182. The Hall–Kier alpha value is -1.69. The van der Waals surface area contributed by atoms with E-state index in [0.29, 0.717) is 0 Å². The van der Waals surface area contributed by atoms with Gasteiger partial charge in [-0.1, -0.05) is 27.2 Å². The number of amides is 1. The van der Waals surface area contributed by atoms with Crippen LogP contribution in [0, 0.1) is 6.92 Å². The summed E-state index contributed by atoms with van der Waals surface area (Å²) >= 11 is 3.42. The Labute approximate surface area is 107 Å². The second kappa shape index (κ2) is 5.09. The zero-order chi connectivity index (χ0) is 12.3. The summed E-state index contributed by atoms with van der Waals surface area (Å²) in [5.41, 5.74) is 1.80. The summed E-state index contributed by atoms with van der Waals surface area (Å²) in [6.07, 6.45) is 3.19. The van der Waals surface area contributed by atoms with Gasteiger partial charge in [0.05, 0.1) is 6.20 Å². The minimum Gasteiger partial charge on any atom is -0.324 e. The average molecular weight is 295 g/mol. The Morgan fingerprint density at radius 1 is 1.53 bits per heavy atom. The number of benzene rings is 1. The average Bonchev–Trinajstić information content (AvgIpc) is 2.77. The summed E-state index contributed by atoms with van der Waals surface area (Å²) in [4.78, 5) is 11.7. The van der Waals surface area contributed by atoms with Gasteiger partial charge in [0, 0.05) is 16.4 Å². The van der Waals surface area contributed by atoms with Gasteiger partial charge in [-0.05, 0) is 24.6 Å². The number of hydrogen-bond acceptors (Lipinski definition) is 3. The number of hydrogen-bond donors (Lipinski definition) is 1. The molecular formula is C11H11BrN4O. The first-order chi connectivity index (χ1) is 8.16. The third-order valence-electron chi connectivity index (χ3n) is 2.32. The van der Waals surface area contributed by atoms with Crippen molar-refractivity contribution >= 4 is 27.5 Å². The molecule has 1 amide bonds. The van der Waals surface area contributed by atoms with Crippen molar-refractivity contribution in [1.29, 1.82) is 0 Å². The first kappa shape index (κ1) is 11.8. The number of aromatic nitrogens is 3. The van der Waals surface area contributed by atoms with Gasteiger partial charge in [0.1, 0.15) is 6.54 Å². The quantitative estimate of drug-likeness (QED) is 0.942. The topological polar surface area (TPSA) is 59.8 Å². The molecular weight excluding hydrogens is 284 g/mol. The van der Waals surface area contributed by atoms with Gasteiger partial charge in [0.15, 0.2) is 0 Å². The lowest BCUT2D eigenvalue weighted by molar-refractivity contribution is -0.116. The van der Waals surface area contributed by atoms with Gasteiger partial charge in [0.25, 0.3) is 0 Å². The lowest BCUT2D eigenvalue weighted by Crippen LogP contribution is -2.19. The van der Waals surface area contributed by atoms with Gasteiger partial charge in [-0.2, -0.15) is 0 Å². The molecule has 6 heteroatoms. The minimum absolute atomic E-state index is 0.128. The van der Waals surface area contributed by atoms with Gasteiger partial charge < -0.3 is 5.32 Å². The Bertz CT molecular complexity index is 524. The fourth-order valence-corrected chi connectivity index (χ4v) is 1.76. The van der Waals surface area contributed by atoms with Crippen LogP contribution in [0.4, 0.5) is 5.69 Å². The van der Waals surface area contributed by atoms with E-state index in [-0.39, 0.29) is 12.5 Å². The van der Waals surface area contributed by atoms with Gasteiger partial charge in [-0.15, -0.1) is 5.10 Å². The summed E-state index contributed by atoms with van der Waals surface area (Å²) in [6, 6.07) is 5.67. The van der Waals surface area contributed by atoms with Crippen molar-refractivity contribution in [2.24, 2.45) is 0 Å². The van der Waals surface area contributed by atoms with Crippen molar-refractivity contribution in [1.82, 2.24) is 15.0 Å². The molecule has 0 aliphatic rings. The second-order valence-electron chi connectivity index (χ2n) is 3.56. The monoisotopic (exact) mass is 294 g/mol. The zero-order valence-electron chi connectivity index (χ0n) is 9.22. The van der Waals surface area contributed by atoms with E-state index in [1.165, 1.54) is 10.9 Å². The fourth-order valence-electron chi connectivity index (χ4n) is 1.40. The summed E-state index contributed by atoms with van der Waals surface area (Å²) < 4.78 is 2.44. The summed E-state index contributed by atoms with van der Waals surface area (Å²) in [5.74, 6) is -0.128. The second-order valence-corrected chi connectivity index (χ2v) is 4.42. The lowest BCUT2D eigenvalue weighted by Gasteiger charge is -2.09. The van der Waals surface area contributed by atoms with Crippen LogP contribution in [0.3, 0.4) is 0 Å². The smallest absolute Gasteiger partial charge is 0.246 e. The Balaban J connectivity index is 2.06. The van der Waals surface area contributed by atoms with Crippen LogP contribution in [-0.4, -0.2) is 20.9 Å². The molecule has 5 nitrogen and oxygen atoms in total. The van der Waals surface area contributed by atoms with E-state index in [1.807, 2.05) is 25.1 Å². The molecule has 0 saturated heterocycles. The van der Waals surface area contributed by atoms with Gasteiger partial charge in [0.2, 0.25) is 5.91 Å². The van der Waals surface area contributed by atoms with Crippen molar-refractivity contribution in [2.75, 3.05) is 5.32 Å². The molecule has 0 aliphatic carbocycles. The Kier molecular flexibility index (Phi) is 3.53. The van der Waals surface area contributed by atoms with E-state index in [0.717, 1.165) is 15.7 Å². The van der Waals surface area contributed by atoms with E-state index in [9.17, 15) is 4.79 Å². The van der Waals surface area contributed by atoms with Crippen LogP contribution in [0.5, 0.6) is 0 Å². The number of rotatable bonds is 3. The molecule has 17 heavy (non-hydrogen) atoms. The molecule has 88 valence electrons. The molecule has 1 aromatic heterocycles. The Morgan fingerprint density at radius 2 is 2.35 bits per heavy atom. The van der Waals surface area contributed by atoms with Crippen LogP contribution in [0.25, 0.3) is 0 Å². The van der Waals surface area contributed by atoms with Crippen molar-refractivity contribution in [3.05, 3.63) is 40.6 Å². The molecule has 0 fully saturated rings. The van der Waals surface area contributed by atoms with Gasteiger partial charge in [-0.3, -0.25) is 4.79 Å². The van der Waals surface area contributed by atoms with Crippen LogP contribution >= 0.6 is 15.9 Å². The predicted molar refractivity (Wildman–Crippen MR) is 67.5 cm³/mol. The summed E-state index contributed by atoms with van der Waals surface area (Å²) in [5, 5.41) is 10.2. The highest BCUT2D eigenvalue weighted by Gasteiger charge is 2.07. The standard InChI is InChI=1S/C11H11BrN4O/c1-8-9(12)3-2-4-10(8)14-11(17)7-16-6-5-13-15-16/h2-6H,7H2,1H3,(H,14,17). The normalized spacial score (nSPS) is 10.2. The first-order valence-electron chi connectivity index (χ1n) is 5.06. The number of anilines is 1. The molecule has 2 aromatic rings. The van der Waals surface area contributed by atoms with E-state index < -0.39 is 0 Å². The molecule has 0 spiro atoms. The van der Waals surface area contributed by atoms with Crippen LogP contribution in [0.1, 0.15) is 5.56 Å². The molecule has 1 N–H and O–H groups in total. The third-order valence-corrected chi connectivity index (χ3v) is 3.18. The molecule has 0 aliphatic heterocycles. The van der Waals surface area contributed by atoms with E-state index >= 15 is 0 Å². The summed E-state index contributed by atoms with van der Waals surface area (Å²) in [6.45, 7) is 2.10. The molecule has 0 unspecified atom stereocenters. The van der Waals surface area contributed by atoms with Crippen LogP contribution in [0.15, 0.2) is 35.1 Å².